The Morgan fingerprint density at radius 3 is 2.58 bits per heavy atom. The summed E-state index contributed by atoms with van der Waals surface area (Å²) >= 11 is 0. The van der Waals surface area contributed by atoms with Crippen LogP contribution in [-0.4, -0.2) is 53.6 Å². The Kier molecular flexibility index (Phi) is 4.02. The first kappa shape index (κ1) is 14.9. The number of hydrogen-bond acceptors (Lipinski definition) is 5. The summed E-state index contributed by atoms with van der Waals surface area (Å²) in [4.78, 5) is 25.4. The average molecular weight is 324 g/mol. The maximum atomic E-state index is 12.8. The molecule has 1 fully saturated rings. The molecule has 2 aliphatic heterocycles. The van der Waals surface area contributed by atoms with Gasteiger partial charge in [0, 0.05) is 38.6 Å². The number of piperazine rings is 1. The number of amides is 1. The van der Waals surface area contributed by atoms with Crippen LogP contribution in [0.25, 0.3) is 0 Å². The molecular weight excluding hydrogens is 304 g/mol. The number of anilines is 1. The summed E-state index contributed by atoms with van der Waals surface area (Å²) in [6, 6.07) is 9.78. The van der Waals surface area contributed by atoms with Crippen LogP contribution in [0, 0.1) is 5.92 Å². The molecule has 3 heterocycles. The number of carbonyl (C=O) groups excluding carboxylic acids is 1. The number of fused-ring (bicyclic) bond motifs is 1. The van der Waals surface area contributed by atoms with Crippen molar-refractivity contribution < 1.29 is 9.53 Å². The van der Waals surface area contributed by atoms with E-state index >= 15 is 0 Å². The monoisotopic (exact) mass is 324 g/mol. The minimum atomic E-state index is -0.0839. The maximum Gasteiger partial charge on any atom is 0.229 e. The van der Waals surface area contributed by atoms with Gasteiger partial charge < -0.3 is 14.5 Å². The fraction of sp³-hybridized carbons (Fsp3) is 0.389. The second kappa shape index (κ2) is 6.47. The average Bonchev–Trinajstić information content (AvgIpc) is 2.68. The Labute approximate surface area is 141 Å². The van der Waals surface area contributed by atoms with Crippen LogP contribution < -0.4 is 9.64 Å². The molecule has 0 N–H and O–H groups in total. The molecule has 1 aromatic carbocycles. The van der Waals surface area contributed by atoms with Crippen molar-refractivity contribution in [1.29, 1.82) is 0 Å². The highest BCUT2D eigenvalue weighted by Crippen LogP contribution is 2.28. The van der Waals surface area contributed by atoms with Gasteiger partial charge in [-0.1, -0.05) is 18.2 Å². The van der Waals surface area contributed by atoms with Crippen molar-refractivity contribution >= 4 is 11.9 Å². The Hall–Kier alpha value is -2.63. The number of ether oxygens (including phenoxy) is 1. The van der Waals surface area contributed by atoms with Crippen LogP contribution in [0.2, 0.25) is 0 Å². The third-order valence-corrected chi connectivity index (χ3v) is 4.65. The lowest BCUT2D eigenvalue weighted by Crippen LogP contribution is -2.52. The van der Waals surface area contributed by atoms with Gasteiger partial charge in [0.15, 0.2) is 0 Å². The summed E-state index contributed by atoms with van der Waals surface area (Å²) in [6.45, 7) is 3.40. The second-order valence-corrected chi connectivity index (χ2v) is 6.18. The number of rotatable bonds is 2. The number of benzene rings is 1. The van der Waals surface area contributed by atoms with E-state index in [0.717, 1.165) is 36.8 Å². The summed E-state index contributed by atoms with van der Waals surface area (Å²) in [6.07, 6.45) is 4.25. The quantitative estimate of drug-likeness (QED) is 0.835. The zero-order chi connectivity index (χ0) is 16.4. The molecule has 0 radical (unpaired) electrons. The molecule has 6 nitrogen and oxygen atoms in total. The Bertz CT molecular complexity index is 714. The van der Waals surface area contributed by atoms with E-state index in [-0.39, 0.29) is 11.8 Å². The van der Waals surface area contributed by atoms with E-state index in [4.69, 9.17) is 4.74 Å². The fourth-order valence-corrected chi connectivity index (χ4v) is 3.33. The molecule has 0 unspecified atom stereocenters. The van der Waals surface area contributed by atoms with E-state index < -0.39 is 0 Å². The normalized spacial score (nSPS) is 20.2. The van der Waals surface area contributed by atoms with Gasteiger partial charge in [0.05, 0.1) is 5.92 Å². The van der Waals surface area contributed by atoms with Gasteiger partial charge in [0.1, 0.15) is 12.4 Å². The summed E-state index contributed by atoms with van der Waals surface area (Å²) in [7, 11) is 0. The number of aromatic nitrogens is 2. The van der Waals surface area contributed by atoms with E-state index in [2.05, 4.69) is 14.9 Å². The largest absolute Gasteiger partial charge is 0.492 e. The zero-order valence-electron chi connectivity index (χ0n) is 13.5. The van der Waals surface area contributed by atoms with Crippen LogP contribution >= 0.6 is 0 Å². The molecule has 1 atom stereocenters. The second-order valence-electron chi connectivity index (χ2n) is 6.18. The van der Waals surface area contributed by atoms with E-state index in [1.807, 2.05) is 35.2 Å². The summed E-state index contributed by atoms with van der Waals surface area (Å²) in [5.74, 6) is 1.75. The molecule has 2 aromatic rings. The molecule has 0 saturated carbocycles. The highest BCUT2D eigenvalue weighted by molar-refractivity contribution is 5.80. The molecule has 1 aromatic heterocycles. The van der Waals surface area contributed by atoms with Crippen molar-refractivity contribution in [1.82, 2.24) is 14.9 Å². The molecule has 1 saturated heterocycles. The lowest BCUT2D eigenvalue weighted by molar-refractivity contribution is -0.137. The van der Waals surface area contributed by atoms with Crippen molar-refractivity contribution in [3.8, 4) is 5.75 Å². The van der Waals surface area contributed by atoms with Gasteiger partial charge in [0.25, 0.3) is 0 Å². The molecule has 1 amide bonds. The molecule has 0 bridgehead atoms. The smallest absolute Gasteiger partial charge is 0.229 e. The summed E-state index contributed by atoms with van der Waals surface area (Å²) < 4.78 is 5.76. The van der Waals surface area contributed by atoms with Crippen LogP contribution in [0.3, 0.4) is 0 Å². The number of carbonyl (C=O) groups is 1. The molecule has 24 heavy (non-hydrogen) atoms. The fourth-order valence-electron chi connectivity index (χ4n) is 3.33. The molecule has 2 aliphatic rings. The highest BCUT2D eigenvalue weighted by atomic mass is 16.5. The Balaban J connectivity index is 1.37. The van der Waals surface area contributed by atoms with E-state index in [0.29, 0.717) is 19.7 Å². The van der Waals surface area contributed by atoms with Crippen LogP contribution in [0.5, 0.6) is 5.75 Å². The van der Waals surface area contributed by atoms with Gasteiger partial charge in [0.2, 0.25) is 11.9 Å². The van der Waals surface area contributed by atoms with Crippen molar-refractivity contribution in [3.05, 3.63) is 48.3 Å². The predicted molar refractivity (Wildman–Crippen MR) is 90.0 cm³/mol. The predicted octanol–water partition coefficient (Wildman–Crippen LogP) is 1.38. The van der Waals surface area contributed by atoms with Crippen molar-refractivity contribution in [3.63, 3.8) is 0 Å². The Morgan fingerprint density at radius 1 is 1.04 bits per heavy atom. The first-order valence-corrected chi connectivity index (χ1v) is 8.33. The van der Waals surface area contributed by atoms with Crippen molar-refractivity contribution in [2.45, 2.75) is 6.42 Å². The minimum absolute atomic E-state index is 0.0839. The van der Waals surface area contributed by atoms with Gasteiger partial charge >= 0.3 is 0 Å². The summed E-state index contributed by atoms with van der Waals surface area (Å²) in [5.41, 5.74) is 1.12. The SMILES string of the molecule is O=C([C@H]1COc2ccccc2C1)N1CCN(c2ncccn2)CC1. The number of nitrogens with zero attached hydrogens (tertiary/aromatic N) is 4. The van der Waals surface area contributed by atoms with Gasteiger partial charge in [-0.15, -0.1) is 0 Å². The van der Waals surface area contributed by atoms with Gasteiger partial charge in [-0.3, -0.25) is 4.79 Å². The lowest BCUT2D eigenvalue weighted by Gasteiger charge is -2.37. The third-order valence-electron chi connectivity index (χ3n) is 4.65. The third kappa shape index (κ3) is 2.91. The van der Waals surface area contributed by atoms with Crippen LogP contribution in [0.15, 0.2) is 42.7 Å². The van der Waals surface area contributed by atoms with Gasteiger partial charge in [-0.05, 0) is 24.1 Å². The first-order valence-electron chi connectivity index (χ1n) is 8.33. The van der Waals surface area contributed by atoms with Crippen LogP contribution in [0.1, 0.15) is 5.56 Å². The van der Waals surface area contributed by atoms with Crippen molar-refractivity contribution in [2.24, 2.45) is 5.92 Å². The molecular formula is C18H20N4O2. The van der Waals surface area contributed by atoms with E-state index in [9.17, 15) is 4.79 Å². The van der Waals surface area contributed by atoms with Crippen LogP contribution in [-0.2, 0) is 11.2 Å². The lowest BCUT2D eigenvalue weighted by atomic mass is 9.95. The number of para-hydroxylation sites is 1. The first-order chi connectivity index (χ1) is 11.8. The molecule has 0 aliphatic carbocycles. The minimum Gasteiger partial charge on any atom is -0.492 e. The molecule has 4 rings (SSSR count). The maximum absolute atomic E-state index is 12.8. The van der Waals surface area contributed by atoms with Crippen molar-refractivity contribution in [2.75, 3.05) is 37.7 Å². The van der Waals surface area contributed by atoms with Crippen LogP contribution in [0.4, 0.5) is 5.95 Å². The zero-order valence-corrected chi connectivity index (χ0v) is 13.5. The molecule has 6 heteroatoms. The molecule has 124 valence electrons. The van der Waals surface area contributed by atoms with E-state index in [1.54, 1.807) is 12.4 Å². The van der Waals surface area contributed by atoms with Gasteiger partial charge in [-0.25, -0.2) is 9.97 Å². The Morgan fingerprint density at radius 2 is 1.79 bits per heavy atom. The summed E-state index contributed by atoms with van der Waals surface area (Å²) in [5, 5.41) is 0. The standard InChI is InChI=1S/C18H20N4O2/c23-17(15-12-14-4-1-2-5-16(14)24-13-15)21-8-10-22(11-9-21)18-19-6-3-7-20-18/h1-7,15H,8-13H2/t15-/m1/s1. The highest BCUT2D eigenvalue weighted by Gasteiger charge is 2.31. The van der Waals surface area contributed by atoms with Gasteiger partial charge in [-0.2, -0.15) is 0 Å². The topological polar surface area (TPSA) is 58.6 Å². The molecule has 0 spiro atoms. The number of hydrogen-bond donors (Lipinski definition) is 0. The van der Waals surface area contributed by atoms with E-state index in [1.165, 1.54) is 0 Å².